The number of hydrogen-bond donors (Lipinski definition) is 1. The minimum Gasteiger partial charge on any atom is -0.465 e. The summed E-state index contributed by atoms with van der Waals surface area (Å²) in [6.07, 6.45) is 0. The van der Waals surface area contributed by atoms with Crippen LogP contribution in [0.15, 0.2) is 53.4 Å². The Balaban J connectivity index is 1.82. The number of methoxy groups -OCH3 is 1. The van der Waals surface area contributed by atoms with Crippen LogP contribution in [0.3, 0.4) is 0 Å². The summed E-state index contributed by atoms with van der Waals surface area (Å²) < 4.78 is 32.0. The number of urea groups is 1. The lowest BCUT2D eigenvalue weighted by molar-refractivity contribution is -0.116. The zero-order valence-corrected chi connectivity index (χ0v) is 20.2. The molecular weight excluding hydrogens is 460 g/mol. The van der Waals surface area contributed by atoms with Crippen molar-refractivity contribution >= 4 is 33.6 Å². The van der Waals surface area contributed by atoms with Crippen molar-refractivity contribution in [2.45, 2.75) is 11.8 Å². The van der Waals surface area contributed by atoms with Crippen LogP contribution in [0.2, 0.25) is 0 Å². The third kappa shape index (κ3) is 5.91. The molecule has 2 aromatic carbocycles. The summed E-state index contributed by atoms with van der Waals surface area (Å²) in [6.45, 7) is 3.03. The number of likely N-dealkylation sites (N-methyl/N-ethyl adjacent to an activating group) is 1. The number of carbonyl (C=O) groups is 3. The molecule has 3 amide bonds. The van der Waals surface area contributed by atoms with E-state index in [1.54, 1.807) is 12.1 Å². The van der Waals surface area contributed by atoms with Crippen molar-refractivity contribution in [1.29, 1.82) is 0 Å². The summed E-state index contributed by atoms with van der Waals surface area (Å²) in [5, 5.41) is 2.58. The molecule has 0 bridgehead atoms. The van der Waals surface area contributed by atoms with Crippen LogP contribution in [0.25, 0.3) is 0 Å². The molecule has 1 aliphatic rings. The van der Waals surface area contributed by atoms with Crippen LogP contribution in [0.1, 0.15) is 15.9 Å². The van der Waals surface area contributed by atoms with Gasteiger partial charge in [-0.25, -0.2) is 22.3 Å². The SMILES string of the molecule is COC(=O)c1ccc(NC(=O)CN(C(=O)N2CCN(C)CC2)S(=O)(=O)c2ccc(C)cc2)cc1. The van der Waals surface area contributed by atoms with E-state index >= 15 is 0 Å². The average Bonchev–Trinajstić information content (AvgIpc) is 2.82. The monoisotopic (exact) mass is 488 g/mol. The van der Waals surface area contributed by atoms with Crippen molar-refractivity contribution in [2.75, 3.05) is 52.2 Å². The van der Waals surface area contributed by atoms with E-state index in [0.29, 0.717) is 41.7 Å². The Kier molecular flexibility index (Phi) is 7.90. The van der Waals surface area contributed by atoms with Crippen LogP contribution in [0.4, 0.5) is 10.5 Å². The predicted molar refractivity (Wildman–Crippen MR) is 126 cm³/mol. The fraction of sp³-hybridized carbons (Fsp3) is 0.348. The van der Waals surface area contributed by atoms with E-state index in [-0.39, 0.29) is 4.90 Å². The molecule has 1 heterocycles. The number of nitrogens with one attached hydrogen (secondary N) is 1. The van der Waals surface area contributed by atoms with Crippen LogP contribution >= 0.6 is 0 Å². The van der Waals surface area contributed by atoms with Crippen molar-refractivity contribution in [2.24, 2.45) is 0 Å². The van der Waals surface area contributed by atoms with Gasteiger partial charge in [0.25, 0.3) is 10.0 Å². The number of nitrogens with zero attached hydrogens (tertiary/aromatic N) is 3. The van der Waals surface area contributed by atoms with E-state index in [2.05, 4.69) is 10.1 Å². The summed E-state index contributed by atoms with van der Waals surface area (Å²) in [7, 11) is -1.10. The van der Waals surface area contributed by atoms with Gasteiger partial charge in [-0.2, -0.15) is 0 Å². The number of rotatable bonds is 6. The highest BCUT2D eigenvalue weighted by molar-refractivity contribution is 7.89. The van der Waals surface area contributed by atoms with Crippen LogP contribution in [0, 0.1) is 6.92 Å². The number of piperazine rings is 1. The topological polar surface area (TPSA) is 116 Å². The first-order chi connectivity index (χ1) is 16.1. The number of benzene rings is 2. The van der Waals surface area contributed by atoms with Gasteiger partial charge in [0.2, 0.25) is 5.91 Å². The number of amides is 3. The molecule has 11 heteroatoms. The average molecular weight is 489 g/mol. The smallest absolute Gasteiger partial charge is 0.337 e. The lowest BCUT2D eigenvalue weighted by Gasteiger charge is -2.35. The molecule has 0 atom stereocenters. The van der Waals surface area contributed by atoms with Crippen molar-refractivity contribution in [3.8, 4) is 0 Å². The molecule has 0 saturated carbocycles. The quantitative estimate of drug-likeness (QED) is 0.616. The molecule has 2 aromatic rings. The summed E-state index contributed by atoms with van der Waals surface area (Å²) in [5.74, 6) is -1.21. The number of hydrogen-bond acceptors (Lipinski definition) is 7. The van der Waals surface area contributed by atoms with Gasteiger partial charge in [0.05, 0.1) is 17.6 Å². The third-order valence-corrected chi connectivity index (χ3v) is 7.21. The Bertz CT molecular complexity index is 1140. The van der Waals surface area contributed by atoms with Gasteiger partial charge in [-0.1, -0.05) is 17.7 Å². The molecule has 1 fully saturated rings. The molecule has 1 saturated heterocycles. The predicted octanol–water partition coefficient (Wildman–Crippen LogP) is 1.78. The second-order valence-electron chi connectivity index (χ2n) is 8.01. The lowest BCUT2D eigenvalue weighted by Crippen LogP contribution is -2.54. The second kappa shape index (κ2) is 10.7. The van der Waals surface area contributed by atoms with Gasteiger partial charge in [-0.15, -0.1) is 0 Å². The molecule has 0 spiro atoms. The summed E-state index contributed by atoms with van der Waals surface area (Å²) in [5.41, 5.74) is 1.51. The highest BCUT2D eigenvalue weighted by Gasteiger charge is 2.35. The molecule has 10 nitrogen and oxygen atoms in total. The molecule has 3 rings (SSSR count). The molecule has 0 unspecified atom stereocenters. The molecule has 0 aromatic heterocycles. The maximum Gasteiger partial charge on any atom is 0.337 e. The van der Waals surface area contributed by atoms with Crippen LogP contribution < -0.4 is 5.32 Å². The fourth-order valence-corrected chi connectivity index (χ4v) is 4.73. The number of carbonyl (C=O) groups excluding carboxylic acids is 3. The number of anilines is 1. The summed E-state index contributed by atoms with van der Waals surface area (Å²) in [6, 6.07) is 11.3. The first-order valence-electron chi connectivity index (χ1n) is 10.7. The van der Waals surface area contributed by atoms with E-state index in [0.717, 1.165) is 5.56 Å². The largest absolute Gasteiger partial charge is 0.465 e. The van der Waals surface area contributed by atoms with Crippen molar-refractivity contribution in [3.05, 3.63) is 59.7 Å². The van der Waals surface area contributed by atoms with Gasteiger partial charge in [0.1, 0.15) is 6.54 Å². The Morgan fingerprint density at radius 1 is 0.971 bits per heavy atom. The highest BCUT2D eigenvalue weighted by atomic mass is 32.2. The van der Waals surface area contributed by atoms with Crippen LogP contribution in [0.5, 0.6) is 0 Å². The Morgan fingerprint density at radius 3 is 2.12 bits per heavy atom. The molecule has 1 aliphatic heterocycles. The number of esters is 1. The molecule has 0 radical (unpaired) electrons. The first kappa shape index (κ1) is 25.2. The van der Waals surface area contributed by atoms with E-state index in [1.165, 1.54) is 48.4 Å². The number of aryl methyl sites for hydroxylation is 1. The normalized spacial score (nSPS) is 14.4. The summed E-state index contributed by atoms with van der Waals surface area (Å²) in [4.78, 5) is 41.0. The zero-order valence-electron chi connectivity index (χ0n) is 19.4. The Hall–Kier alpha value is -3.44. The molecular formula is C23H28N4O6S. The lowest BCUT2D eigenvalue weighted by atomic mass is 10.2. The first-order valence-corrected chi connectivity index (χ1v) is 12.1. The van der Waals surface area contributed by atoms with Crippen molar-refractivity contribution in [3.63, 3.8) is 0 Å². The van der Waals surface area contributed by atoms with E-state index in [4.69, 9.17) is 0 Å². The number of ether oxygens (including phenoxy) is 1. The number of sulfonamides is 1. The minimum atomic E-state index is -4.28. The third-order valence-electron chi connectivity index (χ3n) is 5.47. The van der Waals surface area contributed by atoms with E-state index in [1.807, 2.05) is 18.9 Å². The fourth-order valence-electron chi connectivity index (χ4n) is 3.39. The molecule has 182 valence electrons. The zero-order chi connectivity index (χ0) is 24.9. The molecule has 34 heavy (non-hydrogen) atoms. The van der Waals surface area contributed by atoms with E-state index < -0.39 is 34.5 Å². The van der Waals surface area contributed by atoms with Crippen molar-refractivity contribution < 1.29 is 27.5 Å². The summed E-state index contributed by atoms with van der Waals surface area (Å²) >= 11 is 0. The van der Waals surface area contributed by atoms with Gasteiger partial charge >= 0.3 is 12.0 Å². The van der Waals surface area contributed by atoms with Gasteiger partial charge in [0, 0.05) is 31.9 Å². The van der Waals surface area contributed by atoms with Gasteiger partial charge in [0.15, 0.2) is 0 Å². The van der Waals surface area contributed by atoms with Crippen LogP contribution in [-0.2, 0) is 19.6 Å². The maximum atomic E-state index is 13.4. The van der Waals surface area contributed by atoms with Gasteiger partial charge in [-0.3, -0.25) is 4.79 Å². The van der Waals surface area contributed by atoms with Gasteiger partial charge in [-0.05, 0) is 50.4 Å². The Morgan fingerprint density at radius 2 is 1.56 bits per heavy atom. The van der Waals surface area contributed by atoms with Crippen LogP contribution in [-0.4, -0.2) is 87.3 Å². The highest BCUT2D eigenvalue weighted by Crippen LogP contribution is 2.19. The minimum absolute atomic E-state index is 0.0733. The molecule has 0 aliphatic carbocycles. The van der Waals surface area contributed by atoms with E-state index in [9.17, 15) is 22.8 Å². The standard InChI is InChI=1S/C23H28N4O6S/c1-17-4-10-20(11-5-17)34(31,32)27(23(30)26-14-12-25(2)13-15-26)16-21(28)24-19-8-6-18(7-9-19)22(29)33-3/h4-11H,12-16H2,1-3H3,(H,24,28). The van der Waals surface area contributed by atoms with Crippen molar-refractivity contribution in [1.82, 2.24) is 14.1 Å². The Labute approximate surface area is 199 Å². The maximum absolute atomic E-state index is 13.4. The van der Waals surface area contributed by atoms with Gasteiger partial charge < -0.3 is 19.9 Å². The molecule has 1 N–H and O–H groups in total. The second-order valence-corrected chi connectivity index (χ2v) is 9.88.